The van der Waals surface area contributed by atoms with E-state index in [1.165, 1.54) is 14.0 Å². The maximum atomic E-state index is 11.5. The van der Waals surface area contributed by atoms with Crippen LogP contribution in [0.25, 0.3) is 10.8 Å². The third kappa shape index (κ3) is 2.91. The third-order valence-electron chi connectivity index (χ3n) is 3.36. The number of aromatic hydroxyl groups is 1. The molecule has 0 bridgehead atoms. The standard InChI is InChI=1S/C12H13N3O7S2/c1-5-7(23(17,18)19)3-6-4-8(24(20,21)22)11(15-14-2)12(16)9(6)10(5)13/h3-4,16H,13H2,1-2H3,(H,17,18,19)(H,20,21,22). The molecule has 0 saturated carbocycles. The summed E-state index contributed by atoms with van der Waals surface area (Å²) in [5.74, 6) is -0.701. The highest BCUT2D eigenvalue weighted by Crippen LogP contribution is 2.45. The summed E-state index contributed by atoms with van der Waals surface area (Å²) < 4.78 is 64.4. The van der Waals surface area contributed by atoms with Crippen LogP contribution < -0.4 is 5.73 Å². The molecule has 0 fully saturated rings. The lowest BCUT2D eigenvalue weighted by atomic mass is 10.0. The first-order valence-corrected chi connectivity index (χ1v) is 9.11. The van der Waals surface area contributed by atoms with Gasteiger partial charge >= 0.3 is 0 Å². The van der Waals surface area contributed by atoms with Crippen LogP contribution in [0.4, 0.5) is 11.4 Å². The summed E-state index contributed by atoms with van der Waals surface area (Å²) >= 11 is 0. The number of nitrogens with zero attached hydrogens (tertiary/aromatic N) is 2. The Bertz CT molecular complexity index is 1090. The largest absolute Gasteiger partial charge is 0.505 e. The molecule has 130 valence electrons. The van der Waals surface area contributed by atoms with Crippen molar-refractivity contribution in [3.05, 3.63) is 17.7 Å². The number of fused-ring (bicyclic) bond motifs is 1. The van der Waals surface area contributed by atoms with Gasteiger partial charge in [0.1, 0.15) is 10.6 Å². The van der Waals surface area contributed by atoms with Crippen LogP contribution in [0.1, 0.15) is 5.56 Å². The minimum absolute atomic E-state index is 0.0423. The topological polar surface area (TPSA) is 180 Å². The zero-order valence-corrected chi connectivity index (χ0v) is 14.1. The van der Waals surface area contributed by atoms with E-state index in [9.17, 15) is 31.0 Å². The van der Waals surface area contributed by atoms with E-state index in [1.807, 2.05) is 0 Å². The Labute approximate surface area is 137 Å². The molecule has 0 aliphatic rings. The molecule has 0 aliphatic carbocycles. The van der Waals surface area contributed by atoms with Crippen LogP contribution in [0.15, 0.2) is 32.2 Å². The highest BCUT2D eigenvalue weighted by Gasteiger charge is 2.26. The molecule has 0 saturated heterocycles. The van der Waals surface area contributed by atoms with Crippen LogP contribution in [0.5, 0.6) is 5.75 Å². The van der Waals surface area contributed by atoms with Gasteiger partial charge in [0.2, 0.25) is 0 Å². The van der Waals surface area contributed by atoms with Gasteiger partial charge in [-0.15, -0.1) is 0 Å². The first kappa shape index (κ1) is 18.1. The Kier molecular flexibility index (Phi) is 4.26. The highest BCUT2D eigenvalue weighted by atomic mass is 32.2. The lowest BCUT2D eigenvalue weighted by molar-refractivity contribution is 0.472. The van der Waals surface area contributed by atoms with Gasteiger partial charge in [-0.05, 0) is 30.0 Å². The van der Waals surface area contributed by atoms with Crippen LogP contribution in [-0.4, -0.2) is 38.1 Å². The molecule has 2 aromatic carbocycles. The lowest BCUT2D eigenvalue weighted by Crippen LogP contribution is -2.05. The number of nitrogen functional groups attached to an aromatic ring is 1. The van der Waals surface area contributed by atoms with Crippen molar-refractivity contribution in [1.29, 1.82) is 0 Å². The molecule has 2 rings (SSSR count). The summed E-state index contributed by atoms with van der Waals surface area (Å²) in [5.41, 5.74) is 5.03. The van der Waals surface area contributed by atoms with Gasteiger partial charge in [-0.1, -0.05) is 0 Å². The van der Waals surface area contributed by atoms with Gasteiger partial charge in [-0.2, -0.15) is 27.1 Å². The van der Waals surface area contributed by atoms with Crippen molar-refractivity contribution < 1.29 is 31.0 Å². The average Bonchev–Trinajstić information content (AvgIpc) is 2.42. The molecule has 2 aromatic rings. The molecule has 0 atom stereocenters. The number of phenols is 1. The molecule has 10 nitrogen and oxygen atoms in total. The molecular weight excluding hydrogens is 362 g/mol. The summed E-state index contributed by atoms with van der Waals surface area (Å²) in [6, 6.07) is 1.80. The lowest BCUT2D eigenvalue weighted by Gasteiger charge is -2.14. The van der Waals surface area contributed by atoms with E-state index in [0.717, 1.165) is 12.1 Å². The zero-order chi connectivity index (χ0) is 18.4. The van der Waals surface area contributed by atoms with Gasteiger partial charge in [-0.3, -0.25) is 9.11 Å². The number of azo groups is 1. The molecule has 12 heteroatoms. The Morgan fingerprint density at radius 2 is 1.54 bits per heavy atom. The van der Waals surface area contributed by atoms with Crippen LogP contribution in [-0.2, 0) is 20.2 Å². The summed E-state index contributed by atoms with van der Waals surface area (Å²) in [6.07, 6.45) is 0. The minimum atomic E-state index is -4.81. The van der Waals surface area contributed by atoms with Crippen molar-refractivity contribution in [3.8, 4) is 5.75 Å². The molecule has 0 radical (unpaired) electrons. The van der Waals surface area contributed by atoms with Gasteiger partial charge in [0, 0.05) is 18.1 Å². The van der Waals surface area contributed by atoms with E-state index in [0.29, 0.717) is 0 Å². The molecule has 0 aliphatic heterocycles. The Morgan fingerprint density at radius 3 is 2.00 bits per heavy atom. The quantitative estimate of drug-likeness (QED) is 0.355. The number of nitrogens with two attached hydrogens (primary N) is 1. The molecule has 24 heavy (non-hydrogen) atoms. The van der Waals surface area contributed by atoms with Crippen LogP contribution in [0.3, 0.4) is 0 Å². The number of anilines is 1. The van der Waals surface area contributed by atoms with Gasteiger partial charge in [0.05, 0.1) is 4.90 Å². The fourth-order valence-corrected chi connectivity index (χ4v) is 3.71. The first-order chi connectivity index (χ1) is 10.9. The Morgan fingerprint density at radius 1 is 1.04 bits per heavy atom. The average molecular weight is 375 g/mol. The van der Waals surface area contributed by atoms with E-state index in [1.54, 1.807) is 0 Å². The first-order valence-electron chi connectivity index (χ1n) is 6.23. The summed E-state index contributed by atoms with van der Waals surface area (Å²) in [7, 11) is -8.24. The smallest absolute Gasteiger partial charge is 0.296 e. The number of benzene rings is 2. The maximum absolute atomic E-state index is 11.5. The van der Waals surface area contributed by atoms with Crippen molar-refractivity contribution in [1.82, 2.24) is 0 Å². The second kappa shape index (κ2) is 5.66. The number of hydrogen-bond donors (Lipinski definition) is 4. The van der Waals surface area contributed by atoms with Gasteiger partial charge < -0.3 is 10.8 Å². The summed E-state index contributed by atoms with van der Waals surface area (Å²) in [4.78, 5) is -1.35. The SMILES string of the molecule is CN=Nc1c(S(=O)(=O)O)cc2cc(S(=O)(=O)O)c(C)c(N)c2c1O. The second-order valence-electron chi connectivity index (χ2n) is 4.83. The van der Waals surface area contributed by atoms with Crippen molar-refractivity contribution in [2.45, 2.75) is 16.7 Å². The monoisotopic (exact) mass is 375 g/mol. The third-order valence-corrected chi connectivity index (χ3v) is 5.20. The van der Waals surface area contributed by atoms with E-state index >= 15 is 0 Å². The number of rotatable bonds is 3. The Hall–Kier alpha value is -2.28. The fourth-order valence-electron chi connectivity index (χ4n) is 2.28. The molecular formula is C12H13N3O7S2. The van der Waals surface area contributed by atoms with E-state index in [4.69, 9.17) is 5.73 Å². The molecule has 0 amide bonds. The van der Waals surface area contributed by atoms with Gasteiger partial charge in [-0.25, -0.2) is 0 Å². The summed E-state index contributed by atoms with van der Waals surface area (Å²) in [5, 5.41) is 16.9. The van der Waals surface area contributed by atoms with Crippen molar-refractivity contribution >= 4 is 42.4 Å². The van der Waals surface area contributed by atoms with Gasteiger partial charge in [0.15, 0.2) is 5.75 Å². The predicted molar refractivity (Wildman–Crippen MR) is 84.8 cm³/mol. The van der Waals surface area contributed by atoms with E-state index in [2.05, 4.69) is 10.2 Å². The molecule has 0 aromatic heterocycles. The van der Waals surface area contributed by atoms with Crippen LogP contribution in [0.2, 0.25) is 0 Å². The molecule has 5 N–H and O–H groups in total. The van der Waals surface area contributed by atoms with Crippen molar-refractivity contribution in [2.24, 2.45) is 10.2 Å². The predicted octanol–water partition coefficient (Wildman–Crippen LogP) is 1.64. The molecule has 0 heterocycles. The minimum Gasteiger partial charge on any atom is -0.505 e. The van der Waals surface area contributed by atoms with E-state index < -0.39 is 41.5 Å². The van der Waals surface area contributed by atoms with Crippen LogP contribution >= 0.6 is 0 Å². The molecule has 0 spiro atoms. The van der Waals surface area contributed by atoms with Crippen LogP contribution in [0, 0.1) is 6.92 Å². The number of hydrogen-bond acceptors (Lipinski definition) is 8. The molecule has 0 unspecified atom stereocenters. The fraction of sp³-hybridized carbons (Fsp3) is 0.167. The summed E-state index contributed by atoms with van der Waals surface area (Å²) in [6.45, 7) is 1.30. The maximum Gasteiger partial charge on any atom is 0.296 e. The zero-order valence-electron chi connectivity index (χ0n) is 12.4. The van der Waals surface area contributed by atoms with Crippen molar-refractivity contribution in [3.63, 3.8) is 0 Å². The highest BCUT2D eigenvalue weighted by molar-refractivity contribution is 7.86. The van der Waals surface area contributed by atoms with E-state index in [-0.39, 0.29) is 22.0 Å². The van der Waals surface area contributed by atoms with Gasteiger partial charge in [0.25, 0.3) is 20.2 Å². The number of phenolic OH excluding ortho intramolecular Hbond substituents is 1. The normalized spacial score (nSPS) is 13.0. The Balaban J connectivity index is 3.15. The van der Waals surface area contributed by atoms with Crippen molar-refractivity contribution in [2.75, 3.05) is 12.8 Å². The second-order valence-corrected chi connectivity index (χ2v) is 7.61.